The van der Waals surface area contributed by atoms with Crippen LogP contribution in [0.4, 0.5) is 4.79 Å². The van der Waals surface area contributed by atoms with Gasteiger partial charge in [0, 0.05) is 32.0 Å². The molecule has 180 valence electrons. The van der Waals surface area contributed by atoms with E-state index in [-0.39, 0.29) is 24.3 Å². The predicted molar refractivity (Wildman–Crippen MR) is 128 cm³/mol. The van der Waals surface area contributed by atoms with Crippen LogP contribution in [-0.2, 0) is 14.3 Å². The molecule has 2 aliphatic rings. The van der Waals surface area contributed by atoms with Crippen molar-refractivity contribution in [3.63, 3.8) is 0 Å². The number of carboxylic acids is 1. The van der Waals surface area contributed by atoms with E-state index < -0.39 is 18.0 Å². The Bertz CT molecular complexity index is 1010. The molecule has 34 heavy (non-hydrogen) atoms. The third-order valence-electron chi connectivity index (χ3n) is 6.90. The Labute approximate surface area is 200 Å². The van der Waals surface area contributed by atoms with Crippen LogP contribution in [0, 0.1) is 11.8 Å². The summed E-state index contributed by atoms with van der Waals surface area (Å²) >= 11 is 0. The van der Waals surface area contributed by atoms with Crippen molar-refractivity contribution >= 4 is 18.0 Å². The lowest BCUT2D eigenvalue weighted by Crippen LogP contribution is -2.42. The van der Waals surface area contributed by atoms with Gasteiger partial charge in [-0.15, -0.1) is 0 Å². The molecular weight excluding hydrogens is 432 g/mol. The van der Waals surface area contributed by atoms with Gasteiger partial charge in [-0.3, -0.25) is 9.59 Å². The smallest absolute Gasteiger partial charge is 0.407 e. The van der Waals surface area contributed by atoms with Gasteiger partial charge in [0.1, 0.15) is 6.61 Å². The van der Waals surface area contributed by atoms with Gasteiger partial charge in [0.25, 0.3) is 0 Å². The number of ether oxygens (including phenoxy) is 1. The van der Waals surface area contributed by atoms with E-state index in [1.54, 1.807) is 4.90 Å². The number of fused-ring (bicyclic) bond motifs is 3. The zero-order valence-electron chi connectivity index (χ0n) is 19.5. The molecule has 2 aromatic carbocycles. The Kier molecular flexibility index (Phi) is 7.50. The molecule has 0 spiro atoms. The molecule has 2 N–H and O–H groups in total. The van der Waals surface area contributed by atoms with Crippen molar-refractivity contribution in [3.05, 3.63) is 59.7 Å². The average Bonchev–Trinajstić information content (AvgIpc) is 3.16. The molecule has 0 radical (unpaired) electrons. The largest absolute Gasteiger partial charge is 0.481 e. The minimum absolute atomic E-state index is 0.0143. The minimum atomic E-state index is -0.835. The molecule has 1 saturated heterocycles. The topological polar surface area (TPSA) is 95.9 Å². The van der Waals surface area contributed by atoms with E-state index in [0.717, 1.165) is 6.42 Å². The Hall–Kier alpha value is -3.35. The lowest BCUT2D eigenvalue weighted by atomic mass is 9.96. The number of aliphatic carboxylic acids is 1. The monoisotopic (exact) mass is 464 g/mol. The van der Waals surface area contributed by atoms with Crippen LogP contribution in [0.2, 0.25) is 0 Å². The van der Waals surface area contributed by atoms with Gasteiger partial charge >= 0.3 is 12.1 Å². The molecular formula is C27H32N2O5. The highest BCUT2D eigenvalue weighted by Crippen LogP contribution is 2.44. The van der Waals surface area contributed by atoms with Crippen LogP contribution >= 0.6 is 0 Å². The summed E-state index contributed by atoms with van der Waals surface area (Å²) < 4.78 is 5.55. The fourth-order valence-electron chi connectivity index (χ4n) is 5.00. The highest BCUT2D eigenvalue weighted by Gasteiger charge is 2.30. The number of rotatable bonds is 8. The molecule has 7 nitrogen and oxygen atoms in total. The quantitative estimate of drug-likeness (QED) is 0.608. The van der Waals surface area contributed by atoms with Gasteiger partial charge in [0.05, 0.1) is 5.92 Å². The Morgan fingerprint density at radius 3 is 2.38 bits per heavy atom. The first-order chi connectivity index (χ1) is 16.4. The van der Waals surface area contributed by atoms with E-state index in [4.69, 9.17) is 4.74 Å². The zero-order chi connectivity index (χ0) is 24.1. The molecule has 7 heteroatoms. The lowest BCUT2D eigenvalue weighted by Gasteiger charge is -2.31. The highest BCUT2D eigenvalue weighted by molar-refractivity contribution is 5.79. The number of nitrogens with zero attached hydrogens (tertiary/aromatic N) is 1. The number of carbonyl (C=O) groups excluding carboxylic acids is 2. The number of benzene rings is 2. The molecule has 4 rings (SSSR count). The van der Waals surface area contributed by atoms with Crippen molar-refractivity contribution in [2.45, 2.75) is 38.5 Å². The van der Waals surface area contributed by atoms with Gasteiger partial charge in [0.2, 0.25) is 5.91 Å². The molecule has 1 aliphatic heterocycles. The normalized spacial score (nSPS) is 18.0. The Morgan fingerprint density at radius 2 is 1.74 bits per heavy atom. The summed E-state index contributed by atoms with van der Waals surface area (Å²) in [5.41, 5.74) is 4.72. The second-order valence-electron chi connectivity index (χ2n) is 9.37. The number of hydrogen-bond donors (Lipinski definition) is 2. The predicted octanol–water partition coefficient (Wildman–Crippen LogP) is 4.26. The third-order valence-corrected chi connectivity index (χ3v) is 6.90. The molecule has 2 atom stereocenters. The van der Waals surface area contributed by atoms with Gasteiger partial charge < -0.3 is 20.1 Å². The lowest BCUT2D eigenvalue weighted by molar-refractivity contribution is -0.145. The van der Waals surface area contributed by atoms with Crippen molar-refractivity contribution in [1.82, 2.24) is 10.2 Å². The number of hydrogen-bond acceptors (Lipinski definition) is 4. The number of nitrogens with one attached hydrogen (secondary N) is 1. The SMILES string of the molecule is CC(CCNC(=O)OCC1c2ccccc2-c2ccccc21)CC(=O)N1CCC[C@H](C(=O)O)C1. The highest BCUT2D eigenvalue weighted by atomic mass is 16.5. The van der Waals surface area contributed by atoms with Crippen LogP contribution in [0.5, 0.6) is 0 Å². The van der Waals surface area contributed by atoms with Crippen LogP contribution in [0.1, 0.15) is 49.7 Å². The van der Waals surface area contributed by atoms with Crippen LogP contribution in [0.25, 0.3) is 11.1 Å². The number of carboxylic acid groups (broad SMARTS) is 1. The molecule has 2 aromatic rings. The fraction of sp³-hybridized carbons (Fsp3) is 0.444. The van der Waals surface area contributed by atoms with Crippen LogP contribution in [0.15, 0.2) is 48.5 Å². The van der Waals surface area contributed by atoms with Gasteiger partial charge in [0.15, 0.2) is 0 Å². The summed E-state index contributed by atoms with van der Waals surface area (Å²) in [5.74, 6) is -1.22. The molecule has 2 amide bonds. The van der Waals surface area contributed by atoms with Crippen LogP contribution in [0.3, 0.4) is 0 Å². The molecule has 0 bridgehead atoms. The molecule has 1 heterocycles. The van der Waals surface area contributed by atoms with Crippen molar-refractivity contribution in [2.75, 3.05) is 26.2 Å². The number of likely N-dealkylation sites (tertiary alicyclic amines) is 1. The Morgan fingerprint density at radius 1 is 1.09 bits per heavy atom. The van der Waals surface area contributed by atoms with Crippen LogP contribution in [-0.4, -0.2) is 54.2 Å². The van der Waals surface area contributed by atoms with E-state index in [0.29, 0.717) is 38.9 Å². The molecule has 0 aromatic heterocycles. The fourth-order valence-corrected chi connectivity index (χ4v) is 5.00. The maximum atomic E-state index is 12.5. The molecule has 0 saturated carbocycles. The maximum Gasteiger partial charge on any atom is 0.407 e. The van der Waals surface area contributed by atoms with Crippen molar-refractivity contribution in [2.24, 2.45) is 11.8 Å². The van der Waals surface area contributed by atoms with Gasteiger partial charge in [-0.2, -0.15) is 0 Å². The van der Waals surface area contributed by atoms with E-state index in [1.165, 1.54) is 22.3 Å². The first kappa shape index (κ1) is 23.8. The van der Waals surface area contributed by atoms with Crippen LogP contribution < -0.4 is 5.32 Å². The maximum absolute atomic E-state index is 12.5. The number of amides is 2. The van der Waals surface area contributed by atoms with Gasteiger partial charge in [-0.25, -0.2) is 4.79 Å². The summed E-state index contributed by atoms with van der Waals surface area (Å²) in [6.45, 7) is 3.57. The first-order valence-corrected chi connectivity index (χ1v) is 12.0. The number of carbonyl (C=O) groups is 3. The third kappa shape index (κ3) is 5.41. The van der Waals surface area contributed by atoms with Crippen molar-refractivity contribution < 1.29 is 24.2 Å². The van der Waals surface area contributed by atoms with Crippen molar-refractivity contribution in [1.29, 1.82) is 0 Å². The number of alkyl carbamates (subject to hydrolysis) is 1. The standard InChI is InChI=1S/C27H32N2O5/c1-18(15-25(30)29-14-6-7-19(16-29)26(31)32)12-13-28-27(33)34-17-24-22-10-4-2-8-20(22)21-9-3-5-11-23(21)24/h2-5,8-11,18-19,24H,6-7,12-17H2,1H3,(H,28,33)(H,31,32)/t18?,19-/m0/s1. The summed E-state index contributed by atoms with van der Waals surface area (Å²) in [7, 11) is 0. The van der Waals surface area contributed by atoms with E-state index >= 15 is 0 Å². The average molecular weight is 465 g/mol. The molecule has 1 unspecified atom stereocenters. The minimum Gasteiger partial charge on any atom is -0.481 e. The van der Waals surface area contributed by atoms with Gasteiger partial charge in [-0.05, 0) is 47.4 Å². The first-order valence-electron chi connectivity index (χ1n) is 12.0. The van der Waals surface area contributed by atoms with E-state index in [1.807, 2.05) is 31.2 Å². The number of piperidine rings is 1. The van der Waals surface area contributed by atoms with E-state index in [2.05, 4.69) is 29.6 Å². The second kappa shape index (κ2) is 10.7. The summed E-state index contributed by atoms with van der Waals surface area (Å²) in [6.07, 6.45) is 1.88. The summed E-state index contributed by atoms with van der Waals surface area (Å²) in [6, 6.07) is 16.4. The zero-order valence-corrected chi connectivity index (χ0v) is 19.5. The Balaban J connectivity index is 1.20. The molecule has 1 fully saturated rings. The molecule has 1 aliphatic carbocycles. The summed E-state index contributed by atoms with van der Waals surface area (Å²) in [4.78, 5) is 37.7. The van der Waals surface area contributed by atoms with Crippen molar-refractivity contribution in [3.8, 4) is 11.1 Å². The van der Waals surface area contributed by atoms with Gasteiger partial charge in [-0.1, -0.05) is 55.5 Å². The summed E-state index contributed by atoms with van der Waals surface area (Å²) in [5, 5.41) is 12.0. The second-order valence-corrected chi connectivity index (χ2v) is 9.37. The van der Waals surface area contributed by atoms with E-state index in [9.17, 15) is 19.5 Å².